The summed E-state index contributed by atoms with van der Waals surface area (Å²) in [7, 11) is 0. The molecule has 4 rings (SSSR count). The Bertz CT molecular complexity index is 894. The van der Waals surface area contributed by atoms with Gasteiger partial charge in [-0.1, -0.05) is 23.7 Å². The van der Waals surface area contributed by atoms with Crippen LogP contribution in [0.2, 0.25) is 5.02 Å². The number of carbonyl (C=O) groups is 1. The molecule has 8 heteroatoms. The Morgan fingerprint density at radius 2 is 2.10 bits per heavy atom. The molecule has 2 fully saturated rings. The van der Waals surface area contributed by atoms with E-state index in [0.29, 0.717) is 23.2 Å². The fourth-order valence-corrected chi connectivity index (χ4v) is 3.66. The lowest BCUT2D eigenvalue weighted by molar-refractivity contribution is 0.0353. The molecule has 1 amide bonds. The van der Waals surface area contributed by atoms with Crippen molar-refractivity contribution in [1.82, 2.24) is 15.3 Å². The molecule has 2 aromatic rings. The zero-order valence-electron chi connectivity index (χ0n) is 16.9. The van der Waals surface area contributed by atoms with Crippen LogP contribution in [0.1, 0.15) is 43.1 Å². The average Bonchev–Trinajstić information content (AvgIpc) is 3.49. The van der Waals surface area contributed by atoms with Crippen LogP contribution >= 0.6 is 11.6 Å². The molecule has 1 saturated heterocycles. The minimum Gasteiger partial charge on any atom is -0.473 e. The number of hydrogen-bond acceptors (Lipinski definition) is 6. The molecule has 30 heavy (non-hydrogen) atoms. The van der Waals surface area contributed by atoms with Crippen molar-refractivity contribution in [3.05, 3.63) is 41.2 Å². The highest BCUT2D eigenvalue weighted by Crippen LogP contribution is 2.39. The molecular weight excluding hydrogens is 406 g/mol. The normalized spacial score (nSPS) is 20.6. The van der Waals surface area contributed by atoms with Crippen molar-refractivity contribution in [2.24, 2.45) is 5.92 Å². The van der Waals surface area contributed by atoms with Crippen LogP contribution in [0.5, 0.6) is 5.88 Å². The second-order valence-corrected chi connectivity index (χ2v) is 8.61. The maximum atomic E-state index is 12.6. The molecule has 7 nitrogen and oxygen atoms in total. The van der Waals surface area contributed by atoms with Gasteiger partial charge in [-0.3, -0.25) is 4.79 Å². The number of amides is 1. The highest BCUT2D eigenvalue weighted by Gasteiger charge is 2.40. The van der Waals surface area contributed by atoms with E-state index in [0.717, 1.165) is 37.9 Å². The van der Waals surface area contributed by atoms with Gasteiger partial charge in [0.05, 0.1) is 17.9 Å². The SMILES string of the molecule is C[C@@](O)(CNC(=O)c1cnc(OC[C@@H]2CCCO2)c(-c2ccc(Cl)cc2)n1)C1CC1. The molecular formula is C22H26ClN3O4. The zero-order valence-corrected chi connectivity index (χ0v) is 17.7. The minimum atomic E-state index is -0.910. The van der Waals surface area contributed by atoms with Crippen molar-refractivity contribution < 1.29 is 19.4 Å². The molecule has 160 valence electrons. The van der Waals surface area contributed by atoms with Crippen LogP contribution in [0.4, 0.5) is 0 Å². The van der Waals surface area contributed by atoms with Crippen molar-refractivity contribution in [2.45, 2.75) is 44.3 Å². The Hall–Kier alpha value is -2.22. The first-order valence-corrected chi connectivity index (χ1v) is 10.7. The summed E-state index contributed by atoms with van der Waals surface area (Å²) in [6, 6.07) is 7.12. The number of carbonyl (C=O) groups excluding carboxylic acids is 1. The maximum absolute atomic E-state index is 12.6. The number of hydrogen-bond donors (Lipinski definition) is 2. The number of rotatable bonds is 8. The van der Waals surface area contributed by atoms with Gasteiger partial charge < -0.3 is 19.9 Å². The first-order valence-electron chi connectivity index (χ1n) is 10.3. The predicted octanol–water partition coefficient (Wildman–Crippen LogP) is 3.25. The third kappa shape index (κ3) is 5.09. The third-order valence-corrected chi connectivity index (χ3v) is 5.83. The van der Waals surface area contributed by atoms with Crippen molar-refractivity contribution in [2.75, 3.05) is 19.8 Å². The van der Waals surface area contributed by atoms with Gasteiger partial charge in [0.15, 0.2) is 0 Å². The van der Waals surface area contributed by atoms with Crippen LogP contribution in [0.25, 0.3) is 11.3 Å². The number of aromatic nitrogens is 2. The second kappa shape index (κ2) is 8.88. The van der Waals surface area contributed by atoms with E-state index in [4.69, 9.17) is 21.1 Å². The Morgan fingerprint density at radius 1 is 1.33 bits per heavy atom. The Labute approximate surface area is 180 Å². The smallest absolute Gasteiger partial charge is 0.271 e. The quantitative estimate of drug-likeness (QED) is 0.666. The summed E-state index contributed by atoms with van der Waals surface area (Å²) < 4.78 is 11.5. The number of ether oxygens (including phenoxy) is 2. The Balaban J connectivity index is 1.53. The molecule has 0 unspecified atom stereocenters. The van der Waals surface area contributed by atoms with Gasteiger partial charge in [0, 0.05) is 23.7 Å². The molecule has 1 aliphatic heterocycles. The highest BCUT2D eigenvalue weighted by molar-refractivity contribution is 6.30. The first kappa shape index (κ1) is 21.0. The number of halogens is 1. The van der Waals surface area contributed by atoms with Crippen molar-refractivity contribution in [3.63, 3.8) is 0 Å². The van der Waals surface area contributed by atoms with E-state index in [1.54, 1.807) is 19.1 Å². The number of benzene rings is 1. The predicted molar refractivity (Wildman–Crippen MR) is 113 cm³/mol. The molecule has 2 aliphatic rings. The van der Waals surface area contributed by atoms with Crippen molar-refractivity contribution in [1.29, 1.82) is 0 Å². The highest BCUT2D eigenvalue weighted by atomic mass is 35.5. The van der Waals surface area contributed by atoms with Crippen molar-refractivity contribution in [3.8, 4) is 17.1 Å². The van der Waals surface area contributed by atoms with E-state index < -0.39 is 5.60 Å². The molecule has 0 radical (unpaired) electrons. The van der Waals surface area contributed by atoms with E-state index in [2.05, 4.69) is 15.3 Å². The van der Waals surface area contributed by atoms with Crippen LogP contribution < -0.4 is 10.1 Å². The van der Waals surface area contributed by atoms with Gasteiger partial charge in [-0.05, 0) is 50.7 Å². The summed E-state index contributed by atoms with van der Waals surface area (Å²) in [5, 5.41) is 13.8. The molecule has 2 atom stereocenters. The fraction of sp³-hybridized carbons (Fsp3) is 0.500. The van der Waals surface area contributed by atoms with Crippen molar-refractivity contribution >= 4 is 17.5 Å². The van der Waals surface area contributed by atoms with Gasteiger partial charge in [0.25, 0.3) is 5.91 Å². The van der Waals surface area contributed by atoms with E-state index in [9.17, 15) is 9.90 Å². The van der Waals surface area contributed by atoms with E-state index >= 15 is 0 Å². The molecule has 0 bridgehead atoms. The van der Waals surface area contributed by atoms with Crippen LogP contribution in [0.3, 0.4) is 0 Å². The Morgan fingerprint density at radius 3 is 2.77 bits per heavy atom. The maximum Gasteiger partial charge on any atom is 0.271 e. The molecule has 1 aromatic carbocycles. The van der Waals surface area contributed by atoms with E-state index in [-0.39, 0.29) is 30.2 Å². The van der Waals surface area contributed by atoms with Gasteiger partial charge in [0.1, 0.15) is 18.0 Å². The standard InChI is InChI=1S/C22H26ClN3O4/c1-22(28,15-6-7-15)13-25-20(27)18-11-24-21(30-12-17-3-2-10-29-17)19(26-18)14-4-8-16(23)9-5-14/h4-5,8-9,11,15,17,28H,2-3,6-7,10,12-13H2,1H3,(H,25,27)/t17-,22+/m0/s1. The lowest BCUT2D eigenvalue weighted by Crippen LogP contribution is -2.42. The summed E-state index contributed by atoms with van der Waals surface area (Å²) >= 11 is 6.01. The van der Waals surface area contributed by atoms with Gasteiger partial charge in [0.2, 0.25) is 5.88 Å². The van der Waals surface area contributed by atoms with E-state index in [1.165, 1.54) is 6.20 Å². The zero-order chi connectivity index (χ0) is 21.1. The lowest BCUT2D eigenvalue weighted by Gasteiger charge is -2.23. The molecule has 1 saturated carbocycles. The summed E-state index contributed by atoms with van der Waals surface area (Å²) in [6.07, 6.45) is 5.38. The van der Waals surface area contributed by atoms with Gasteiger partial charge >= 0.3 is 0 Å². The minimum absolute atomic E-state index is 0.0394. The summed E-state index contributed by atoms with van der Waals surface area (Å²) in [6.45, 7) is 3.04. The molecule has 2 N–H and O–H groups in total. The van der Waals surface area contributed by atoms with Crippen LogP contribution in [-0.2, 0) is 4.74 Å². The van der Waals surface area contributed by atoms with Crippen LogP contribution in [0.15, 0.2) is 30.5 Å². The number of aliphatic hydroxyl groups is 1. The summed E-state index contributed by atoms with van der Waals surface area (Å²) in [5.74, 6) is 0.195. The van der Waals surface area contributed by atoms with E-state index in [1.807, 2.05) is 12.1 Å². The molecule has 2 heterocycles. The van der Waals surface area contributed by atoms with Gasteiger partial charge in [-0.25, -0.2) is 9.97 Å². The monoisotopic (exact) mass is 431 g/mol. The molecule has 1 aromatic heterocycles. The largest absolute Gasteiger partial charge is 0.473 e. The van der Waals surface area contributed by atoms with Gasteiger partial charge in [-0.2, -0.15) is 0 Å². The summed E-state index contributed by atoms with van der Waals surface area (Å²) in [4.78, 5) is 21.5. The fourth-order valence-electron chi connectivity index (χ4n) is 3.54. The Kier molecular flexibility index (Phi) is 6.22. The van der Waals surface area contributed by atoms with Gasteiger partial charge in [-0.15, -0.1) is 0 Å². The first-order chi connectivity index (χ1) is 14.4. The molecule has 1 aliphatic carbocycles. The second-order valence-electron chi connectivity index (χ2n) is 8.18. The summed E-state index contributed by atoms with van der Waals surface area (Å²) in [5.41, 5.74) is 0.461. The average molecular weight is 432 g/mol. The topological polar surface area (TPSA) is 93.6 Å². The van der Waals surface area contributed by atoms with Crippen LogP contribution in [0, 0.1) is 5.92 Å². The lowest BCUT2D eigenvalue weighted by atomic mass is 10.0. The van der Waals surface area contributed by atoms with Crippen LogP contribution in [-0.4, -0.2) is 52.4 Å². The number of nitrogens with one attached hydrogen (secondary N) is 1. The molecule has 0 spiro atoms. The third-order valence-electron chi connectivity index (χ3n) is 5.58. The number of nitrogens with zero attached hydrogens (tertiary/aromatic N) is 2.